The van der Waals surface area contributed by atoms with Crippen molar-refractivity contribution in [2.24, 2.45) is 17.1 Å². The monoisotopic (exact) mass is 314 g/mol. The number of carbonyl (C=O) groups is 1. The van der Waals surface area contributed by atoms with Gasteiger partial charge in [0.1, 0.15) is 0 Å². The predicted molar refractivity (Wildman–Crippen MR) is 90.2 cm³/mol. The minimum Gasteiger partial charge on any atom is -0.392 e. The third kappa shape index (κ3) is 4.39. The molecule has 0 atom stereocenters. The lowest BCUT2D eigenvalue weighted by atomic mass is 9.77. The maximum atomic E-state index is 13.0. The van der Waals surface area contributed by atoms with E-state index in [4.69, 9.17) is 22.7 Å². The van der Waals surface area contributed by atoms with Crippen LogP contribution < -0.4 is 5.73 Å². The van der Waals surface area contributed by atoms with Gasteiger partial charge in [-0.15, -0.1) is 0 Å². The second kappa shape index (κ2) is 8.69. The summed E-state index contributed by atoms with van der Waals surface area (Å²) in [6.07, 6.45) is 5.36. The minimum absolute atomic E-state index is 0.148. The first-order chi connectivity index (χ1) is 10.0. The lowest BCUT2D eigenvalue weighted by molar-refractivity contribution is -0.140. The van der Waals surface area contributed by atoms with Crippen LogP contribution in [0.3, 0.4) is 0 Å². The topological polar surface area (TPSA) is 55.6 Å². The standard InChI is InChI=1S/C16H30N2O2S/c1-4-8-16(9-5-2,14(17)21)15(19)18-10-6-13(7-11-18)12-20-3/h13H,4-12H2,1-3H3,(H2,17,21). The van der Waals surface area contributed by atoms with Crippen LogP contribution in [0.15, 0.2) is 0 Å². The molecule has 21 heavy (non-hydrogen) atoms. The van der Waals surface area contributed by atoms with Gasteiger partial charge < -0.3 is 15.4 Å². The third-order valence-corrected chi connectivity index (χ3v) is 4.93. The summed E-state index contributed by atoms with van der Waals surface area (Å²) in [5.41, 5.74) is 5.36. The molecule has 122 valence electrons. The van der Waals surface area contributed by atoms with Crippen LogP contribution in [-0.4, -0.2) is 42.6 Å². The highest BCUT2D eigenvalue weighted by Crippen LogP contribution is 2.34. The summed E-state index contributed by atoms with van der Waals surface area (Å²) in [4.78, 5) is 15.4. The van der Waals surface area contributed by atoms with Crippen LogP contribution in [0.4, 0.5) is 0 Å². The minimum atomic E-state index is -0.632. The number of nitrogens with zero attached hydrogens (tertiary/aromatic N) is 1. The Balaban J connectivity index is 2.79. The molecule has 0 radical (unpaired) electrons. The molecule has 0 aliphatic carbocycles. The number of amides is 1. The molecular formula is C16H30N2O2S. The Hall–Kier alpha value is -0.680. The molecule has 0 saturated carbocycles. The van der Waals surface area contributed by atoms with Gasteiger partial charge >= 0.3 is 0 Å². The predicted octanol–water partition coefficient (Wildman–Crippen LogP) is 2.74. The molecule has 1 rings (SSSR count). The third-order valence-electron chi connectivity index (χ3n) is 4.54. The summed E-state index contributed by atoms with van der Waals surface area (Å²) >= 11 is 5.28. The van der Waals surface area contributed by atoms with E-state index in [1.54, 1.807) is 7.11 Å². The molecule has 0 aromatic carbocycles. The molecule has 1 amide bonds. The summed E-state index contributed by atoms with van der Waals surface area (Å²) in [6, 6.07) is 0. The lowest BCUT2D eigenvalue weighted by Crippen LogP contribution is -2.52. The maximum absolute atomic E-state index is 13.0. The number of thiocarbonyl (C=S) groups is 1. The first-order valence-corrected chi connectivity index (χ1v) is 8.50. The van der Waals surface area contributed by atoms with Gasteiger partial charge in [0.25, 0.3) is 0 Å². The van der Waals surface area contributed by atoms with Crippen LogP contribution in [0, 0.1) is 11.3 Å². The van der Waals surface area contributed by atoms with Crippen molar-refractivity contribution in [2.45, 2.75) is 52.4 Å². The van der Waals surface area contributed by atoms with Gasteiger partial charge in [0.15, 0.2) is 0 Å². The van der Waals surface area contributed by atoms with Gasteiger partial charge in [0.05, 0.1) is 10.4 Å². The number of piperidine rings is 1. The Morgan fingerprint density at radius 1 is 1.29 bits per heavy atom. The molecule has 1 aliphatic rings. The molecular weight excluding hydrogens is 284 g/mol. The first-order valence-electron chi connectivity index (χ1n) is 8.10. The smallest absolute Gasteiger partial charge is 0.235 e. The molecule has 1 heterocycles. The Morgan fingerprint density at radius 2 is 1.81 bits per heavy atom. The number of hydrogen-bond acceptors (Lipinski definition) is 3. The molecule has 0 aromatic heterocycles. The van der Waals surface area contributed by atoms with Crippen LogP contribution in [-0.2, 0) is 9.53 Å². The van der Waals surface area contributed by atoms with Crippen molar-refractivity contribution in [3.63, 3.8) is 0 Å². The van der Waals surface area contributed by atoms with Crippen LogP contribution in [0.1, 0.15) is 52.4 Å². The molecule has 1 aliphatic heterocycles. The number of likely N-dealkylation sites (tertiary alicyclic amines) is 1. The van der Waals surface area contributed by atoms with E-state index >= 15 is 0 Å². The van der Waals surface area contributed by atoms with E-state index < -0.39 is 5.41 Å². The highest BCUT2D eigenvalue weighted by molar-refractivity contribution is 7.80. The number of hydrogen-bond donors (Lipinski definition) is 1. The zero-order valence-corrected chi connectivity index (χ0v) is 14.5. The maximum Gasteiger partial charge on any atom is 0.235 e. The van der Waals surface area contributed by atoms with Crippen LogP contribution in [0.25, 0.3) is 0 Å². The van der Waals surface area contributed by atoms with Gasteiger partial charge in [-0.3, -0.25) is 4.79 Å². The van der Waals surface area contributed by atoms with Crippen molar-refractivity contribution in [1.29, 1.82) is 0 Å². The Bertz CT molecular complexity index is 346. The van der Waals surface area contributed by atoms with Crippen molar-refractivity contribution < 1.29 is 9.53 Å². The molecule has 0 aromatic rings. The van der Waals surface area contributed by atoms with Crippen molar-refractivity contribution in [3.05, 3.63) is 0 Å². The van der Waals surface area contributed by atoms with Gasteiger partial charge in [-0.05, 0) is 31.6 Å². The van der Waals surface area contributed by atoms with Crippen LogP contribution >= 0.6 is 12.2 Å². The number of ether oxygens (including phenoxy) is 1. The molecule has 4 nitrogen and oxygen atoms in total. The summed E-state index contributed by atoms with van der Waals surface area (Å²) in [7, 11) is 1.73. The van der Waals surface area contributed by atoms with Crippen molar-refractivity contribution >= 4 is 23.1 Å². The average Bonchev–Trinajstić information content (AvgIpc) is 2.47. The Labute approximate surface area is 134 Å². The van der Waals surface area contributed by atoms with Gasteiger partial charge in [-0.2, -0.15) is 0 Å². The van der Waals surface area contributed by atoms with E-state index in [0.717, 1.165) is 58.2 Å². The molecule has 1 saturated heterocycles. The highest BCUT2D eigenvalue weighted by Gasteiger charge is 2.43. The number of carbonyl (C=O) groups excluding carboxylic acids is 1. The summed E-state index contributed by atoms with van der Waals surface area (Å²) in [5.74, 6) is 0.713. The number of nitrogens with two attached hydrogens (primary N) is 1. The fourth-order valence-corrected chi connectivity index (χ4v) is 3.68. The van der Waals surface area contributed by atoms with Crippen molar-refractivity contribution in [3.8, 4) is 0 Å². The van der Waals surface area contributed by atoms with Crippen molar-refractivity contribution in [2.75, 3.05) is 26.8 Å². The number of methoxy groups -OCH3 is 1. The van der Waals surface area contributed by atoms with Gasteiger partial charge in [-0.1, -0.05) is 38.9 Å². The SMILES string of the molecule is CCCC(CCC)(C(=O)N1CCC(COC)CC1)C(N)=S. The van der Waals surface area contributed by atoms with E-state index in [-0.39, 0.29) is 5.91 Å². The normalized spacial score (nSPS) is 17.0. The van der Waals surface area contributed by atoms with E-state index in [9.17, 15) is 4.79 Å². The zero-order chi connectivity index (χ0) is 15.9. The van der Waals surface area contributed by atoms with Crippen LogP contribution in [0.2, 0.25) is 0 Å². The van der Waals surface area contributed by atoms with E-state index in [0.29, 0.717) is 10.9 Å². The second-order valence-corrected chi connectivity index (χ2v) is 6.58. The lowest BCUT2D eigenvalue weighted by Gasteiger charge is -2.39. The van der Waals surface area contributed by atoms with E-state index in [1.165, 1.54) is 0 Å². The summed E-state index contributed by atoms with van der Waals surface area (Å²) in [6.45, 7) is 6.54. The molecule has 0 bridgehead atoms. The summed E-state index contributed by atoms with van der Waals surface area (Å²) < 4.78 is 5.22. The van der Waals surface area contributed by atoms with Gasteiger partial charge in [0, 0.05) is 26.8 Å². The first kappa shape index (κ1) is 18.4. The van der Waals surface area contributed by atoms with E-state index in [2.05, 4.69) is 13.8 Å². The zero-order valence-electron chi connectivity index (χ0n) is 13.7. The van der Waals surface area contributed by atoms with E-state index in [1.807, 2.05) is 4.90 Å². The quantitative estimate of drug-likeness (QED) is 0.700. The molecule has 1 fully saturated rings. The fourth-order valence-electron chi connectivity index (χ4n) is 3.39. The van der Waals surface area contributed by atoms with Gasteiger partial charge in [0.2, 0.25) is 5.91 Å². The average molecular weight is 314 g/mol. The Morgan fingerprint density at radius 3 is 2.19 bits per heavy atom. The Kier molecular flexibility index (Phi) is 7.60. The second-order valence-electron chi connectivity index (χ2n) is 6.14. The van der Waals surface area contributed by atoms with Crippen molar-refractivity contribution in [1.82, 2.24) is 4.90 Å². The molecule has 0 spiro atoms. The number of rotatable bonds is 8. The van der Waals surface area contributed by atoms with Crippen LogP contribution in [0.5, 0.6) is 0 Å². The molecule has 0 unspecified atom stereocenters. The highest BCUT2D eigenvalue weighted by atomic mass is 32.1. The molecule has 5 heteroatoms. The fraction of sp³-hybridized carbons (Fsp3) is 0.875. The summed E-state index contributed by atoms with van der Waals surface area (Å²) in [5, 5.41) is 0. The largest absolute Gasteiger partial charge is 0.392 e. The van der Waals surface area contributed by atoms with Gasteiger partial charge in [-0.25, -0.2) is 0 Å². The molecule has 2 N–H and O–H groups in total.